The molecule has 0 aromatic rings. The van der Waals surface area contributed by atoms with Gasteiger partial charge in [-0.15, -0.1) is 0 Å². The molecule has 1 unspecified atom stereocenters. The first-order chi connectivity index (χ1) is 7.69. The van der Waals surface area contributed by atoms with Crippen LogP contribution in [0, 0.1) is 5.92 Å². The van der Waals surface area contributed by atoms with Crippen LogP contribution < -0.4 is 5.32 Å². The molecule has 0 aliphatic heterocycles. The Morgan fingerprint density at radius 2 is 1.82 bits per heavy atom. The molecule has 0 aromatic carbocycles. The second-order valence-electron chi connectivity index (χ2n) is 4.08. The predicted octanol–water partition coefficient (Wildman–Crippen LogP) is 0.0366. The van der Waals surface area contributed by atoms with Gasteiger partial charge in [0.25, 0.3) is 0 Å². The minimum absolute atomic E-state index is 0.0303. The van der Waals surface area contributed by atoms with E-state index in [9.17, 15) is 18.0 Å². The lowest BCUT2D eigenvalue weighted by atomic mass is 10.1. The SMILES string of the molecule is CCS(=O)(=O)CCC(NC(=O)C(C)C)C(=O)O. The van der Waals surface area contributed by atoms with Gasteiger partial charge < -0.3 is 10.4 Å². The highest BCUT2D eigenvalue weighted by atomic mass is 32.2. The fourth-order valence-corrected chi connectivity index (χ4v) is 1.92. The third-order valence-electron chi connectivity index (χ3n) is 2.30. The lowest BCUT2D eigenvalue weighted by Crippen LogP contribution is -2.43. The van der Waals surface area contributed by atoms with Crippen LogP contribution >= 0.6 is 0 Å². The van der Waals surface area contributed by atoms with Crippen LogP contribution in [0.4, 0.5) is 0 Å². The molecule has 0 rings (SSSR count). The minimum Gasteiger partial charge on any atom is -0.480 e. The van der Waals surface area contributed by atoms with E-state index in [0.717, 1.165) is 0 Å². The van der Waals surface area contributed by atoms with E-state index >= 15 is 0 Å². The quantitative estimate of drug-likeness (QED) is 0.676. The summed E-state index contributed by atoms with van der Waals surface area (Å²) in [6.45, 7) is 4.77. The number of aliphatic carboxylic acids is 1. The summed E-state index contributed by atoms with van der Waals surface area (Å²) >= 11 is 0. The van der Waals surface area contributed by atoms with Crippen molar-refractivity contribution in [2.24, 2.45) is 5.92 Å². The van der Waals surface area contributed by atoms with E-state index in [4.69, 9.17) is 5.11 Å². The second-order valence-corrected chi connectivity index (χ2v) is 6.55. The summed E-state index contributed by atoms with van der Waals surface area (Å²) in [5.41, 5.74) is 0. The van der Waals surface area contributed by atoms with E-state index in [2.05, 4.69) is 5.32 Å². The lowest BCUT2D eigenvalue weighted by Gasteiger charge is -2.15. The molecular weight excluding hydrogens is 246 g/mol. The lowest BCUT2D eigenvalue weighted by molar-refractivity contribution is -0.142. The van der Waals surface area contributed by atoms with E-state index in [1.807, 2.05) is 0 Å². The summed E-state index contributed by atoms with van der Waals surface area (Å²) in [6.07, 6.45) is -0.107. The highest BCUT2D eigenvalue weighted by molar-refractivity contribution is 7.91. The third-order valence-corrected chi connectivity index (χ3v) is 4.03. The Morgan fingerprint density at radius 1 is 1.29 bits per heavy atom. The fourth-order valence-electron chi connectivity index (χ4n) is 1.04. The van der Waals surface area contributed by atoms with Crippen LogP contribution in [-0.4, -0.2) is 42.9 Å². The Labute approximate surface area is 101 Å². The summed E-state index contributed by atoms with van der Waals surface area (Å²) in [4.78, 5) is 22.2. The molecule has 6 nitrogen and oxygen atoms in total. The fraction of sp³-hybridized carbons (Fsp3) is 0.800. The smallest absolute Gasteiger partial charge is 0.326 e. The Hall–Kier alpha value is -1.11. The number of hydrogen-bond acceptors (Lipinski definition) is 4. The number of hydrogen-bond donors (Lipinski definition) is 2. The topological polar surface area (TPSA) is 101 Å². The van der Waals surface area contributed by atoms with Crippen molar-refractivity contribution in [3.8, 4) is 0 Å². The molecule has 7 heteroatoms. The molecule has 0 spiro atoms. The molecule has 0 aromatic heterocycles. The average Bonchev–Trinajstić information content (AvgIpc) is 2.23. The molecule has 0 aliphatic carbocycles. The second kappa shape index (κ2) is 6.58. The van der Waals surface area contributed by atoms with Crippen LogP contribution in [0.2, 0.25) is 0 Å². The first-order valence-electron chi connectivity index (χ1n) is 5.43. The molecule has 0 saturated heterocycles. The van der Waals surface area contributed by atoms with Crippen molar-refractivity contribution in [2.45, 2.75) is 33.2 Å². The molecule has 0 radical (unpaired) electrons. The van der Waals surface area contributed by atoms with Crippen molar-refractivity contribution in [2.75, 3.05) is 11.5 Å². The van der Waals surface area contributed by atoms with Gasteiger partial charge in [-0.3, -0.25) is 4.79 Å². The van der Waals surface area contributed by atoms with Crippen LogP contribution in [0.3, 0.4) is 0 Å². The number of sulfone groups is 1. The Balaban J connectivity index is 4.47. The normalized spacial score (nSPS) is 13.4. The maximum Gasteiger partial charge on any atom is 0.326 e. The van der Waals surface area contributed by atoms with Gasteiger partial charge in [0.15, 0.2) is 0 Å². The number of carbonyl (C=O) groups excluding carboxylic acids is 1. The van der Waals surface area contributed by atoms with E-state index in [-0.39, 0.29) is 23.8 Å². The number of amides is 1. The van der Waals surface area contributed by atoms with Gasteiger partial charge in [0.2, 0.25) is 5.91 Å². The maximum absolute atomic E-state index is 11.3. The largest absolute Gasteiger partial charge is 0.480 e. The van der Waals surface area contributed by atoms with Gasteiger partial charge in [-0.25, -0.2) is 13.2 Å². The summed E-state index contributed by atoms with van der Waals surface area (Å²) in [6, 6.07) is -1.15. The van der Waals surface area contributed by atoms with Gasteiger partial charge in [0, 0.05) is 11.7 Å². The number of carboxylic acid groups (broad SMARTS) is 1. The molecule has 2 N–H and O–H groups in total. The number of carbonyl (C=O) groups is 2. The maximum atomic E-state index is 11.3. The molecular formula is C10H19NO5S. The Bertz CT molecular complexity index is 374. The van der Waals surface area contributed by atoms with Gasteiger partial charge in [-0.05, 0) is 6.42 Å². The number of carboxylic acids is 1. The average molecular weight is 265 g/mol. The van der Waals surface area contributed by atoms with E-state index < -0.39 is 27.8 Å². The van der Waals surface area contributed by atoms with E-state index in [0.29, 0.717) is 0 Å². The first kappa shape index (κ1) is 15.9. The van der Waals surface area contributed by atoms with Gasteiger partial charge in [-0.1, -0.05) is 20.8 Å². The molecule has 17 heavy (non-hydrogen) atoms. The van der Waals surface area contributed by atoms with Crippen LogP contribution in [0.25, 0.3) is 0 Å². The van der Waals surface area contributed by atoms with Crippen LogP contribution in [0.1, 0.15) is 27.2 Å². The van der Waals surface area contributed by atoms with Crippen molar-refractivity contribution >= 4 is 21.7 Å². The van der Waals surface area contributed by atoms with Crippen LogP contribution in [0.5, 0.6) is 0 Å². The summed E-state index contributed by atoms with van der Waals surface area (Å²) in [7, 11) is -3.22. The molecule has 0 fully saturated rings. The zero-order chi connectivity index (χ0) is 13.6. The molecule has 0 aliphatic rings. The zero-order valence-electron chi connectivity index (χ0n) is 10.3. The van der Waals surface area contributed by atoms with E-state index in [1.165, 1.54) is 6.92 Å². The van der Waals surface area contributed by atoms with Gasteiger partial charge in [0.05, 0.1) is 5.75 Å². The summed E-state index contributed by atoms with van der Waals surface area (Å²) in [5, 5.41) is 11.2. The molecule has 1 atom stereocenters. The Kier molecular flexibility index (Phi) is 6.15. The van der Waals surface area contributed by atoms with Crippen molar-refractivity contribution in [3.05, 3.63) is 0 Å². The van der Waals surface area contributed by atoms with Crippen molar-refractivity contribution in [1.29, 1.82) is 0 Å². The zero-order valence-corrected chi connectivity index (χ0v) is 11.1. The van der Waals surface area contributed by atoms with Crippen molar-refractivity contribution in [3.63, 3.8) is 0 Å². The monoisotopic (exact) mass is 265 g/mol. The standard InChI is InChI=1S/C10H19NO5S/c1-4-17(15,16)6-5-8(10(13)14)11-9(12)7(2)3/h7-8H,4-6H2,1-3H3,(H,11,12)(H,13,14). The molecule has 0 saturated carbocycles. The Morgan fingerprint density at radius 3 is 2.18 bits per heavy atom. The number of nitrogens with one attached hydrogen (secondary N) is 1. The summed E-state index contributed by atoms with van der Waals surface area (Å²) < 4.78 is 22.5. The minimum atomic E-state index is -3.22. The highest BCUT2D eigenvalue weighted by Crippen LogP contribution is 2.01. The van der Waals surface area contributed by atoms with Gasteiger partial charge in [0.1, 0.15) is 15.9 Å². The molecule has 1 amide bonds. The van der Waals surface area contributed by atoms with E-state index in [1.54, 1.807) is 13.8 Å². The highest BCUT2D eigenvalue weighted by Gasteiger charge is 2.23. The predicted molar refractivity (Wildman–Crippen MR) is 63.3 cm³/mol. The van der Waals surface area contributed by atoms with Crippen LogP contribution in [-0.2, 0) is 19.4 Å². The summed E-state index contributed by atoms with van der Waals surface area (Å²) in [5.74, 6) is -2.22. The van der Waals surface area contributed by atoms with Gasteiger partial charge in [-0.2, -0.15) is 0 Å². The molecule has 0 heterocycles. The molecule has 100 valence electrons. The first-order valence-corrected chi connectivity index (χ1v) is 7.25. The number of rotatable bonds is 7. The van der Waals surface area contributed by atoms with Gasteiger partial charge >= 0.3 is 5.97 Å². The van der Waals surface area contributed by atoms with Crippen molar-refractivity contribution < 1.29 is 23.1 Å². The molecule has 0 bridgehead atoms. The van der Waals surface area contributed by atoms with Crippen molar-refractivity contribution in [1.82, 2.24) is 5.32 Å². The van der Waals surface area contributed by atoms with Crippen LogP contribution in [0.15, 0.2) is 0 Å². The third kappa shape index (κ3) is 6.25.